The van der Waals surface area contributed by atoms with Crippen LogP contribution in [0.1, 0.15) is 12.0 Å². The van der Waals surface area contributed by atoms with Crippen molar-refractivity contribution >= 4 is 34.4 Å². The molecule has 7 heteroatoms. The molecule has 0 bridgehead atoms. The van der Waals surface area contributed by atoms with Crippen LogP contribution in [0.15, 0.2) is 59.6 Å². The highest BCUT2D eigenvalue weighted by Gasteiger charge is 2.35. The molecule has 1 saturated heterocycles. The van der Waals surface area contributed by atoms with Crippen LogP contribution in [0.3, 0.4) is 0 Å². The Morgan fingerprint density at radius 1 is 1.21 bits per heavy atom. The standard InChI is InChI=1S/C21H23N3O3S/c1-22-20(26)18-14-19(25)24(13-12-15-8-10-17(27-2)11-9-15)21(28-18)23-16-6-4-3-5-7-16/h3-11,18H,12-14H2,1-2H3,(H,22,26)/t18-/m0/s1. The summed E-state index contributed by atoms with van der Waals surface area (Å²) in [6, 6.07) is 17.2. The Labute approximate surface area is 169 Å². The maximum atomic E-state index is 12.8. The zero-order chi connectivity index (χ0) is 19.9. The maximum Gasteiger partial charge on any atom is 0.233 e. The minimum atomic E-state index is -0.461. The van der Waals surface area contributed by atoms with Gasteiger partial charge in [-0.05, 0) is 36.2 Å². The summed E-state index contributed by atoms with van der Waals surface area (Å²) < 4.78 is 5.18. The van der Waals surface area contributed by atoms with E-state index in [9.17, 15) is 9.59 Å². The summed E-state index contributed by atoms with van der Waals surface area (Å²) in [5, 5.41) is 2.72. The molecule has 0 saturated carbocycles. The molecular weight excluding hydrogens is 374 g/mol. The zero-order valence-electron chi connectivity index (χ0n) is 15.9. The Balaban J connectivity index is 1.80. The molecule has 0 aliphatic carbocycles. The first-order valence-electron chi connectivity index (χ1n) is 9.06. The predicted molar refractivity (Wildman–Crippen MR) is 112 cm³/mol. The normalized spacial score (nSPS) is 18.2. The van der Waals surface area contributed by atoms with Crippen molar-refractivity contribution in [1.82, 2.24) is 10.2 Å². The Bertz CT molecular complexity index is 853. The third-order valence-corrected chi connectivity index (χ3v) is 5.63. The van der Waals surface area contributed by atoms with Crippen molar-refractivity contribution in [2.75, 3.05) is 20.7 Å². The number of hydrogen-bond acceptors (Lipinski definition) is 5. The van der Waals surface area contributed by atoms with Gasteiger partial charge in [-0.2, -0.15) is 0 Å². The number of benzene rings is 2. The number of amidine groups is 1. The van der Waals surface area contributed by atoms with Crippen LogP contribution in [-0.2, 0) is 16.0 Å². The molecule has 3 rings (SSSR count). The molecule has 2 aromatic carbocycles. The fourth-order valence-electron chi connectivity index (χ4n) is 2.87. The smallest absolute Gasteiger partial charge is 0.233 e. The van der Waals surface area contributed by atoms with Crippen molar-refractivity contribution in [2.24, 2.45) is 4.99 Å². The summed E-state index contributed by atoms with van der Waals surface area (Å²) in [4.78, 5) is 31.2. The van der Waals surface area contributed by atoms with E-state index in [4.69, 9.17) is 4.74 Å². The van der Waals surface area contributed by atoms with Crippen LogP contribution in [0.5, 0.6) is 5.75 Å². The SMILES string of the molecule is CNC(=O)[C@@H]1CC(=O)N(CCc2ccc(OC)cc2)C(=Nc2ccccc2)S1. The number of methoxy groups -OCH3 is 1. The summed E-state index contributed by atoms with van der Waals surface area (Å²) in [6.07, 6.45) is 0.857. The number of thioether (sulfide) groups is 1. The molecule has 1 atom stereocenters. The van der Waals surface area contributed by atoms with Crippen LogP contribution in [-0.4, -0.2) is 47.8 Å². The van der Waals surface area contributed by atoms with Crippen molar-refractivity contribution in [2.45, 2.75) is 18.1 Å². The predicted octanol–water partition coefficient (Wildman–Crippen LogP) is 3.01. The van der Waals surface area contributed by atoms with Gasteiger partial charge in [0.2, 0.25) is 11.8 Å². The monoisotopic (exact) mass is 397 g/mol. The van der Waals surface area contributed by atoms with E-state index in [0.29, 0.717) is 18.1 Å². The van der Waals surface area contributed by atoms with E-state index in [2.05, 4.69) is 10.3 Å². The minimum absolute atomic E-state index is 0.0875. The van der Waals surface area contributed by atoms with Crippen LogP contribution < -0.4 is 10.1 Å². The first-order chi connectivity index (χ1) is 13.6. The number of nitrogens with one attached hydrogen (secondary N) is 1. The van der Waals surface area contributed by atoms with Crippen LogP contribution >= 0.6 is 11.8 Å². The number of aliphatic imine (C=N–C) groups is 1. The summed E-state index contributed by atoms with van der Waals surface area (Å²) in [6.45, 7) is 0.504. The molecule has 0 spiro atoms. The molecule has 0 aromatic heterocycles. The lowest BCUT2D eigenvalue weighted by molar-refractivity contribution is -0.130. The molecule has 6 nitrogen and oxygen atoms in total. The molecule has 1 fully saturated rings. The lowest BCUT2D eigenvalue weighted by Crippen LogP contribution is -2.46. The Morgan fingerprint density at radius 3 is 2.57 bits per heavy atom. The van der Waals surface area contributed by atoms with Crippen molar-refractivity contribution in [1.29, 1.82) is 0 Å². The number of carbonyl (C=O) groups is 2. The second kappa shape index (κ2) is 9.41. The van der Waals surface area contributed by atoms with Gasteiger partial charge in [-0.25, -0.2) is 4.99 Å². The number of carbonyl (C=O) groups excluding carboxylic acids is 2. The van der Waals surface area contributed by atoms with E-state index in [1.54, 1.807) is 19.1 Å². The van der Waals surface area contributed by atoms with E-state index in [1.807, 2.05) is 54.6 Å². The Morgan fingerprint density at radius 2 is 1.93 bits per heavy atom. The van der Waals surface area contributed by atoms with Gasteiger partial charge in [0.15, 0.2) is 5.17 Å². The number of amides is 2. The second-order valence-electron chi connectivity index (χ2n) is 6.30. The highest BCUT2D eigenvalue weighted by atomic mass is 32.2. The Kier molecular flexibility index (Phi) is 6.71. The number of hydrogen-bond donors (Lipinski definition) is 1. The second-order valence-corrected chi connectivity index (χ2v) is 7.47. The molecule has 1 N–H and O–H groups in total. The van der Waals surface area contributed by atoms with Crippen molar-refractivity contribution in [3.05, 3.63) is 60.2 Å². The van der Waals surface area contributed by atoms with Crippen molar-refractivity contribution < 1.29 is 14.3 Å². The summed E-state index contributed by atoms with van der Waals surface area (Å²) in [5.41, 5.74) is 1.86. The van der Waals surface area contributed by atoms with Gasteiger partial charge in [-0.15, -0.1) is 0 Å². The van der Waals surface area contributed by atoms with E-state index >= 15 is 0 Å². The van der Waals surface area contributed by atoms with Gasteiger partial charge in [0.05, 0.1) is 18.0 Å². The number of para-hydroxylation sites is 1. The zero-order valence-corrected chi connectivity index (χ0v) is 16.7. The largest absolute Gasteiger partial charge is 0.497 e. The van der Waals surface area contributed by atoms with Gasteiger partial charge < -0.3 is 10.1 Å². The highest BCUT2D eigenvalue weighted by molar-refractivity contribution is 8.15. The highest BCUT2D eigenvalue weighted by Crippen LogP contribution is 2.29. The van der Waals surface area contributed by atoms with E-state index < -0.39 is 5.25 Å². The molecule has 1 heterocycles. The van der Waals surface area contributed by atoms with Gasteiger partial charge in [0.25, 0.3) is 0 Å². The third kappa shape index (κ3) is 4.92. The van der Waals surface area contributed by atoms with Gasteiger partial charge in [-0.3, -0.25) is 14.5 Å². The first-order valence-corrected chi connectivity index (χ1v) is 9.94. The fraction of sp³-hybridized carbons (Fsp3) is 0.286. The average Bonchev–Trinajstić information content (AvgIpc) is 2.73. The molecule has 1 aliphatic heterocycles. The molecule has 1 aliphatic rings. The fourth-order valence-corrected chi connectivity index (χ4v) is 4.05. The number of nitrogens with zero attached hydrogens (tertiary/aromatic N) is 2. The van der Waals surface area contributed by atoms with Crippen molar-refractivity contribution in [3.63, 3.8) is 0 Å². The summed E-state index contributed by atoms with van der Waals surface area (Å²) in [5.74, 6) is 0.553. The van der Waals surface area contributed by atoms with Crippen LogP contribution in [0.2, 0.25) is 0 Å². The number of rotatable bonds is 6. The third-order valence-electron chi connectivity index (χ3n) is 4.44. The molecule has 2 amide bonds. The van der Waals surface area contributed by atoms with Gasteiger partial charge in [-0.1, -0.05) is 42.1 Å². The molecular formula is C21H23N3O3S. The quantitative estimate of drug-likeness (QED) is 0.813. The lowest BCUT2D eigenvalue weighted by Gasteiger charge is -2.31. The molecule has 0 radical (unpaired) electrons. The van der Waals surface area contributed by atoms with Crippen LogP contribution in [0.4, 0.5) is 5.69 Å². The van der Waals surface area contributed by atoms with Crippen molar-refractivity contribution in [3.8, 4) is 5.75 Å². The number of ether oxygens (including phenoxy) is 1. The molecule has 28 heavy (non-hydrogen) atoms. The van der Waals surface area contributed by atoms with Crippen LogP contribution in [0, 0.1) is 0 Å². The summed E-state index contributed by atoms with van der Waals surface area (Å²) in [7, 11) is 3.21. The van der Waals surface area contributed by atoms with Gasteiger partial charge in [0.1, 0.15) is 5.75 Å². The Hall–Kier alpha value is -2.80. The topological polar surface area (TPSA) is 71.0 Å². The van der Waals surface area contributed by atoms with Gasteiger partial charge >= 0.3 is 0 Å². The maximum absolute atomic E-state index is 12.8. The van der Waals surface area contributed by atoms with E-state index in [0.717, 1.165) is 17.0 Å². The minimum Gasteiger partial charge on any atom is -0.497 e. The average molecular weight is 398 g/mol. The lowest BCUT2D eigenvalue weighted by atomic mass is 10.1. The van der Waals surface area contributed by atoms with E-state index in [-0.39, 0.29) is 18.2 Å². The molecule has 0 unspecified atom stereocenters. The summed E-state index contributed by atoms with van der Waals surface area (Å²) >= 11 is 1.34. The van der Waals surface area contributed by atoms with Gasteiger partial charge in [0, 0.05) is 20.0 Å². The van der Waals surface area contributed by atoms with Crippen LogP contribution in [0.25, 0.3) is 0 Å². The first kappa shape index (κ1) is 19.9. The molecule has 146 valence electrons. The van der Waals surface area contributed by atoms with E-state index in [1.165, 1.54) is 11.8 Å². The molecule has 2 aromatic rings.